The Kier molecular flexibility index (Phi) is 3.19. The van der Waals surface area contributed by atoms with Gasteiger partial charge in [-0.2, -0.15) is 0 Å². The molecule has 86 valence electrons. The van der Waals surface area contributed by atoms with E-state index in [1.54, 1.807) is 12.1 Å². The first-order valence-electron chi connectivity index (χ1n) is 5.32. The molecule has 4 heteroatoms. The minimum Gasteiger partial charge on any atom is -0.378 e. The Morgan fingerprint density at radius 2 is 2.06 bits per heavy atom. The van der Waals surface area contributed by atoms with Gasteiger partial charge in [-0.3, -0.25) is 4.79 Å². The Morgan fingerprint density at radius 3 is 2.69 bits per heavy atom. The SMILES string of the molecule is CC(=O)c1cccc(N2CCOCC2)c1F. The average Bonchev–Trinajstić information content (AvgIpc) is 2.30. The van der Waals surface area contributed by atoms with Gasteiger partial charge < -0.3 is 9.64 Å². The molecule has 1 saturated heterocycles. The third-order valence-electron chi connectivity index (χ3n) is 2.71. The van der Waals surface area contributed by atoms with E-state index in [0.717, 1.165) is 0 Å². The predicted octanol–water partition coefficient (Wildman–Crippen LogP) is 1.86. The summed E-state index contributed by atoms with van der Waals surface area (Å²) in [7, 11) is 0. The van der Waals surface area contributed by atoms with Crippen LogP contribution in [-0.2, 0) is 4.74 Å². The summed E-state index contributed by atoms with van der Waals surface area (Å²) in [6, 6.07) is 4.93. The molecule has 0 N–H and O–H groups in total. The first-order chi connectivity index (χ1) is 7.70. The van der Waals surface area contributed by atoms with Crippen molar-refractivity contribution in [2.24, 2.45) is 0 Å². The zero-order valence-corrected chi connectivity index (χ0v) is 9.20. The second-order valence-corrected chi connectivity index (χ2v) is 3.79. The highest BCUT2D eigenvalue weighted by molar-refractivity contribution is 5.95. The van der Waals surface area contributed by atoms with Crippen molar-refractivity contribution in [3.63, 3.8) is 0 Å². The number of ether oxygens (including phenoxy) is 1. The van der Waals surface area contributed by atoms with E-state index >= 15 is 0 Å². The second-order valence-electron chi connectivity index (χ2n) is 3.79. The van der Waals surface area contributed by atoms with E-state index in [9.17, 15) is 9.18 Å². The van der Waals surface area contributed by atoms with Gasteiger partial charge >= 0.3 is 0 Å². The molecule has 1 aliphatic rings. The van der Waals surface area contributed by atoms with Gasteiger partial charge in [-0.25, -0.2) is 4.39 Å². The molecule has 1 aliphatic heterocycles. The van der Waals surface area contributed by atoms with Gasteiger partial charge in [-0.1, -0.05) is 6.07 Å². The fraction of sp³-hybridized carbons (Fsp3) is 0.417. The third-order valence-corrected chi connectivity index (χ3v) is 2.71. The number of ketones is 1. The summed E-state index contributed by atoms with van der Waals surface area (Å²) in [6.45, 7) is 3.91. The van der Waals surface area contributed by atoms with Crippen molar-refractivity contribution >= 4 is 11.5 Å². The van der Waals surface area contributed by atoms with Crippen molar-refractivity contribution in [3.8, 4) is 0 Å². The highest BCUT2D eigenvalue weighted by Crippen LogP contribution is 2.23. The molecule has 16 heavy (non-hydrogen) atoms. The third kappa shape index (κ3) is 2.07. The standard InChI is InChI=1S/C12H14FNO2/c1-9(15)10-3-2-4-11(12(10)13)14-5-7-16-8-6-14/h2-4H,5-8H2,1H3. The number of hydrogen-bond donors (Lipinski definition) is 0. The Bertz CT molecular complexity index is 400. The molecule has 0 atom stereocenters. The van der Waals surface area contributed by atoms with Crippen LogP contribution < -0.4 is 4.90 Å². The Morgan fingerprint density at radius 1 is 1.38 bits per heavy atom. The summed E-state index contributed by atoms with van der Waals surface area (Å²) in [5.74, 6) is -0.662. The molecule has 2 rings (SSSR count). The second kappa shape index (κ2) is 4.61. The topological polar surface area (TPSA) is 29.5 Å². The lowest BCUT2D eigenvalue weighted by molar-refractivity contribution is 0.101. The van der Waals surface area contributed by atoms with Crippen molar-refractivity contribution < 1.29 is 13.9 Å². The number of anilines is 1. The van der Waals surface area contributed by atoms with Crippen LogP contribution >= 0.6 is 0 Å². The van der Waals surface area contributed by atoms with Crippen LogP contribution in [0, 0.1) is 5.82 Å². The number of carbonyl (C=O) groups excluding carboxylic acids is 1. The van der Waals surface area contributed by atoms with Crippen LogP contribution in [0.2, 0.25) is 0 Å². The van der Waals surface area contributed by atoms with E-state index in [2.05, 4.69) is 0 Å². The monoisotopic (exact) mass is 223 g/mol. The molecule has 1 heterocycles. The van der Waals surface area contributed by atoms with Crippen LogP contribution in [0.15, 0.2) is 18.2 Å². The van der Waals surface area contributed by atoms with Crippen LogP contribution in [0.1, 0.15) is 17.3 Å². The van der Waals surface area contributed by atoms with Gasteiger partial charge in [0.25, 0.3) is 0 Å². The summed E-state index contributed by atoms with van der Waals surface area (Å²) < 4.78 is 19.2. The molecule has 0 aliphatic carbocycles. The van der Waals surface area contributed by atoms with Crippen molar-refractivity contribution in [2.45, 2.75) is 6.92 Å². The zero-order valence-electron chi connectivity index (χ0n) is 9.20. The maximum absolute atomic E-state index is 14.0. The lowest BCUT2D eigenvalue weighted by Gasteiger charge is -2.29. The first-order valence-corrected chi connectivity index (χ1v) is 5.32. The fourth-order valence-corrected chi connectivity index (χ4v) is 1.84. The summed E-state index contributed by atoms with van der Waals surface area (Å²) in [5.41, 5.74) is 0.653. The highest BCUT2D eigenvalue weighted by Gasteiger charge is 2.18. The van der Waals surface area contributed by atoms with Gasteiger partial charge in [-0.05, 0) is 19.1 Å². The molecular formula is C12H14FNO2. The molecule has 0 aromatic heterocycles. The highest BCUT2D eigenvalue weighted by atomic mass is 19.1. The van der Waals surface area contributed by atoms with Crippen LogP contribution in [0.3, 0.4) is 0 Å². The molecule has 0 unspecified atom stereocenters. The number of nitrogens with zero attached hydrogens (tertiary/aromatic N) is 1. The minimum absolute atomic E-state index is 0.156. The zero-order chi connectivity index (χ0) is 11.5. The molecule has 3 nitrogen and oxygen atoms in total. The lowest BCUT2D eigenvalue weighted by atomic mass is 10.1. The summed E-state index contributed by atoms with van der Waals surface area (Å²) >= 11 is 0. The number of benzene rings is 1. The van der Waals surface area contributed by atoms with E-state index in [-0.39, 0.29) is 11.3 Å². The Balaban J connectivity index is 2.33. The van der Waals surface area contributed by atoms with Gasteiger partial charge in [0, 0.05) is 13.1 Å². The molecule has 1 aromatic carbocycles. The minimum atomic E-state index is -0.420. The molecule has 0 saturated carbocycles. The number of halogens is 1. The van der Waals surface area contributed by atoms with Crippen molar-refractivity contribution in [1.82, 2.24) is 0 Å². The molecule has 1 aromatic rings. The van der Waals surface area contributed by atoms with E-state index in [4.69, 9.17) is 4.74 Å². The van der Waals surface area contributed by atoms with Gasteiger partial charge in [-0.15, -0.1) is 0 Å². The number of rotatable bonds is 2. The maximum Gasteiger partial charge on any atom is 0.162 e. The van der Waals surface area contributed by atoms with Crippen LogP contribution in [-0.4, -0.2) is 32.1 Å². The van der Waals surface area contributed by atoms with E-state index in [1.165, 1.54) is 13.0 Å². The number of hydrogen-bond acceptors (Lipinski definition) is 3. The van der Waals surface area contributed by atoms with E-state index < -0.39 is 5.82 Å². The summed E-state index contributed by atoms with van der Waals surface area (Å²) in [4.78, 5) is 13.1. The fourth-order valence-electron chi connectivity index (χ4n) is 1.84. The average molecular weight is 223 g/mol. The van der Waals surface area contributed by atoms with Crippen molar-refractivity contribution in [1.29, 1.82) is 0 Å². The molecule has 0 spiro atoms. The Hall–Kier alpha value is -1.42. The van der Waals surface area contributed by atoms with Crippen LogP contribution in [0.4, 0.5) is 10.1 Å². The van der Waals surface area contributed by atoms with Crippen LogP contribution in [0.5, 0.6) is 0 Å². The summed E-state index contributed by atoms with van der Waals surface area (Å²) in [6.07, 6.45) is 0. The Labute approximate surface area is 93.8 Å². The largest absolute Gasteiger partial charge is 0.378 e. The maximum atomic E-state index is 14.0. The van der Waals surface area contributed by atoms with Gasteiger partial charge in [0.1, 0.15) is 0 Å². The molecule has 0 amide bonds. The first kappa shape index (κ1) is 11.1. The number of Topliss-reactive ketones (excluding diaryl/α,β-unsaturated/α-hetero) is 1. The molecule has 0 bridgehead atoms. The normalized spacial score (nSPS) is 16.2. The molecular weight excluding hydrogens is 209 g/mol. The van der Waals surface area contributed by atoms with E-state index in [0.29, 0.717) is 32.0 Å². The van der Waals surface area contributed by atoms with E-state index in [1.807, 2.05) is 4.90 Å². The smallest absolute Gasteiger partial charge is 0.162 e. The molecule has 1 fully saturated rings. The lowest BCUT2D eigenvalue weighted by Crippen LogP contribution is -2.36. The van der Waals surface area contributed by atoms with Gasteiger partial charge in [0.05, 0.1) is 24.5 Å². The van der Waals surface area contributed by atoms with Crippen molar-refractivity contribution in [2.75, 3.05) is 31.2 Å². The number of morpholine rings is 1. The van der Waals surface area contributed by atoms with Crippen LogP contribution in [0.25, 0.3) is 0 Å². The van der Waals surface area contributed by atoms with Crippen molar-refractivity contribution in [3.05, 3.63) is 29.6 Å². The summed E-state index contributed by atoms with van der Waals surface area (Å²) in [5, 5.41) is 0. The predicted molar refractivity (Wildman–Crippen MR) is 59.4 cm³/mol. The van der Waals surface area contributed by atoms with Gasteiger partial charge in [0.2, 0.25) is 0 Å². The number of carbonyl (C=O) groups is 1. The van der Waals surface area contributed by atoms with Gasteiger partial charge in [0.15, 0.2) is 11.6 Å². The molecule has 0 radical (unpaired) electrons. The quantitative estimate of drug-likeness (QED) is 0.717.